The van der Waals surface area contributed by atoms with Gasteiger partial charge in [0.15, 0.2) is 0 Å². The molecule has 0 saturated carbocycles. The normalized spacial score (nSPS) is 12.5. The average molecular weight is 187 g/mol. The molecule has 0 aliphatic carbocycles. The van der Waals surface area contributed by atoms with E-state index in [1.54, 1.807) is 0 Å². The molecule has 0 heterocycles. The van der Waals surface area contributed by atoms with Gasteiger partial charge in [0.25, 0.3) is 0 Å². The average Bonchev–Trinajstić information content (AvgIpc) is 2.16. The summed E-state index contributed by atoms with van der Waals surface area (Å²) in [6, 6.07) is 10.8. The second-order valence-corrected chi connectivity index (χ2v) is 4.17. The molecule has 0 saturated heterocycles. The zero-order valence-electron chi connectivity index (χ0n) is 9.12. The Balaban J connectivity index is 2.69. The first-order valence-electron chi connectivity index (χ1n) is 5.08. The van der Waals surface area contributed by atoms with Gasteiger partial charge in [0, 0.05) is 0 Å². The maximum atomic E-state index is 8.96. The van der Waals surface area contributed by atoms with Crippen molar-refractivity contribution in [3.8, 4) is 6.07 Å². The molecule has 14 heavy (non-hydrogen) atoms. The quantitative estimate of drug-likeness (QED) is 0.712. The third-order valence-electron chi connectivity index (χ3n) is 2.55. The lowest BCUT2D eigenvalue weighted by Crippen LogP contribution is -2.09. The summed E-state index contributed by atoms with van der Waals surface area (Å²) in [5.41, 5.74) is 2.53. The maximum absolute atomic E-state index is 8.96. The Labute approximate surface area is 86.4 Å². The molecule has 1 atom stereocenters. The highest BCUT2D eigenvalue weighted by Gasteiger charge is 2.12. The van der Waals surface area contributed by atoms with Crippen molar-refractivity contribution in [3.63, 3.8) is 0 Å². The van der Waals surface area contributed by atoms with Gasteiger partial charge < -0.3 is 0 Å². The van der Waals surface area contributed by atoms with E-state index < -0.39 is 0 Å². The van der Waals surface area contributed by atoms with Crippen LogP contribution in [0.15, 0.2) is 24.3 Å². The predicted octanol–water partition coefficient (Wildman–Crippen LogP) is 3.33. The molecular weight excluding hydrogens is 170 g/mol. The summed E-state index contributed by atoms with van der Waals surface area (Å²) in [5.74, 6) is 0.569. The number of rotatable bonds is 3. The molecular formula is C13H17N. The molecule has 1 aromatic carbocycles. The lowest BCUT2D eigenvalue weighted by molar-refractivity contribution is 0.474. The Bertz CT molecular complexity index is 316. The Morgan fingerprint density at radius 2 is 1.79 bits per heavy atom. The summed E-state index contributed by atoms with van der Waals surface area (Å²) in [5, 5.41) is 8.96. The second kappa shape index (κ2) is 4.81. The summed E-state index contributed by atoms with van der Waals surface area (Å²) < 4.78 is 0. The molecule has 0 spiro atoms. The molecule has 0 radical (unpaired) electrons. The van der Waals surface area contributed by atoms with E-state index in [1.165, 1.54) is 11.1 Å². The summed E-state index contributed by atoms with van der Waals surface area (Å²) >= 11 is 0. The van der Waals surface area contributed by atoms with Gasteiger partial charge in [0.1, 0.15) is 0 Å². The Morgan fingerprint density at radius 1 is 1.21 bits per heavy atom. The van der Waals surface area contributed by atoms with Crippen LogP contribution in [0.25, 0.3) is 0 Å². The van der Waals surface area contributed by atoms with E-state index in [0.29, 0.717) is 5.92 Å². The van der Waals surface area contributed by atoms with Gasteiger partial charge in [-0.15, -0.1) is 0 Å². The first kappa shape index (κ1) is 10.8. The molecule has 1 rings (SSSR count). The van der Waals surface area contributed by atoms with Crippen LogP contribution in [0, 0.1) is 30.1 Å². The Kier molecular flexibility index (Phi) is 3.71. The smallest absolute Gasteiger partial charge is 0.0661 e. The lowest BCUT2D eigenvalue weighted by atomic mass is 9.90. The lowest BCUT2D eigenvalue weighted by Gasteiger charge is -2.12. The minimum absolute atomic E-state index is 0.137. The van der Waals surface area contributed by atoms with Crippen molar-refractivity contribution in [1.82, 2.24) is 0 Å². The van der Waals surface area contributed by atoms with Gasteiger partial charge in [-0.3, -0.25) is 0 Å². The first-order valence-corrected chi connectivity index (χ1v) is 5.08. The third-order valence-corrected chi connectivity index (χ3v) is 2.55. The van der Waals surface area contributed by atoms with Gasteiger partial charge in [0.05, 0.1) is 12.0 Å². The van der Waals surface area contributed by atoms with Crippen LogP contribution in [0.2, 0.25) is 0 Å². The molecule has 0 amide bonds. The first-order chi connectivity index (χ1) is 6.63. The van der Waals surface area contributed by atoms with Crippen molar-refractivity contribution in [2.75, 3.05) is 0 Å². The van der Waals surface area contributed by atoms with Crippen LogP contribution >= 0.6 is 0 Å². The fourth-order valence-electron chi connectivity index (χ4n) is 1.41. The van der Waals surface area contributed by atoms with Gasteiger partial charge in [-0.2, -0.15) is 5.26 Å². The van der Waals surface area contributed by atoms with Crippen LogP contribution in [0.3, 0.4) is 0 Å². The van der Waals surface area contributed by atoms with Gasteiger partial charge in [-0.25, -0.2) is 0 Å². The van der Waals surface area contributed by atoms with Crippen LogP contribution in [0.4, 0.5) is 0 Å². The number of nitrogens with zero attached hydrogens (tertiary/aromatic N) is 1. The zero-order valence-corrected chi connectivity index (χ0v) is 9.12. The molecule has 1 unspecified atom stereocenters. The van der Waals surface area contributed by atoms with Crippen molar-refractivity contribution >= 4 is 0 Å². The van der Waals surface area contributed by atoms with E-state index in [2.05, 4.69) is 51.1 Å². The Morgan fingerprint density at radius 3 is 2.21 bits per heavy atom. The van der Waals surface area contributed by atoms with Crippen molar-refractivity contribution < 1.29 is 0 Å². The molecule has 74 valence electrons. The van der Waals surface area contributed by atoms with Gasteiger partial charge in [0.2, 0.25) is 0 Å². The van der Waals surface area contributed by atoms with Crippen molar-refractivity contribution in [2.45, 2.75) is 27.2 Å². The summed E-state index contributed by atoms with van der Waals surface area (Å²) in [7, 11) is 0. The number of hydrogen-bond donors (Lipinski definition) is 0. The standard InChI is InChI=1S/C13H17N/c1-10(2)13(9-14)8-12-6-4-11(3)5-7-12/h4-7,10,13H,8H2,1-3H3. The fraction of sp³-hybridized carbons (Fsp3) is 0.462. The summed E-state index contributed by atoms with van der Waals surface area (Å²) in [6.45, 7) is 6.28. The minimum atomic E-state index is 0.137. The van der Waals surface area contributed by atoms with E-state index in [-0.39, 0.29) is 5.92 Å². The van der Waals surface area contributed by atoms with Crippen molar-refractivity contribution in [3.05, 3.63) is 35.4 Å². The van der Waals surface area contributed by atoms with Crippen LogP contribution in [-0.2, 0) is 6.42 Å². The maximum Gasteiger partial charge on any atom is 0.0661 e. The molecule has 0 aliphatic heterocycles. The summed E-state index contributed by atoms with van der Waals surface area (Å²) in [4.78, 5) is 0. The summed E-state index contributed by atoms with van der Waals surface area (Å²) in [6.07, 6.45) is 0.869. The van der Waals surface area contributed by atoms with E-state index in [1.807, 2.05) is 0 Å². The number of hydrogen-bond acceptors (Lipinski definition) is 1. The second-order valence-electron chi connectivity index (χ2n) is 4.17. The van der Waals surface area contributed by atoms with Crippen LogP contribution in [0.5, 0.6) is 0 Å². The largest absolute Gasteiger partial charge is 0.198 e. The molecule has 0 N–H and O–H groups in total. The van der Waals surface area contributed by atoms with Crippen molar-refractivity contribution in [2.24, 2.45) is 11.8 Å². The number of nitriles is 1. The third kappa shape index (κ3) is 2.88. The Hall–Kier alpha value is -1.29. The van der Waals surface area contributed by atoms with Crippen molar-refractivity contribution in [1.29, 1.82) is 5.26 Å². The minimum Gasteiger partial charge on any atom is -0.198 e. The van der Waals surface area contributed by atoms with Crippen LogP contribution < -0.4 is 0 Å². The van der Waals surface area contributed by atoms with Gasteiger partial charge >= 0.3 is 0 Å². The zero-order chi connectivity index (χ0) is 10.6. The monoisotopic (exact) mass is 187 g/mol. The van der Waals surface area contributed by atoms with E-state index in [0.717, 1.165) is 6.42 Å². The molecule has 0 aromatic heterocycles. The van der Waals surface area contributed by atoms with E-state index in [4.69, 9.17) is 5.26 Å². The highest BCUT2D eigenvalue weighted by molar-refractivity contribution is 5.22. The fourth-order valence-corrected chi connectivity index (χ4v) is 1.41. The topological polar surface area (TPSA) is 23.8 Å². The predicted molar refractivity (Wildman–Crippen MR) is 58.8 cm³/mol. The number of benzene rings is 1. The molecule has 0 fully saturated rings. The van der Waals surface area contributed by atoms with E-state index in [9.17, 15) is 0 Å². The highest BCUT2D eigenvalue weighted by atomic mass is 14.3. The molecule has 0 bridgehead atoms. The molecule has 1 aromatic rings. The van der Waals surface area contributed by atoms with Crippen LogP contribution in [0.1, 0.15) is 25.0 Å². The SMILES string of the molecule is Cc1ccc(CC(C#N)C(C)C)cc1. The van der Waals surface area contributed by atoms with Gasteiger partial charge in [-0.05, 0) is 24.8 Å². The highest BCUT2D eigenvalue weighted by Crippen LogP contribution is 2.16. The molecule has 1 heteroatoms. The van der Waals surface area contributed by atoms with Crippen LogP contribution in [-0.4, -0.2) is 0 Å². The molecule has 0 aliphatic rings. The number of aryl methyl sites for hydroxylation is 1. The molecule has 1 nitrogen and oxygen atoms in total. The van der Waals surface area contributed by atoms with E-state index >= 15 is 0 Å². The van der Waals surface area contributed by atoms with Gasteiger partial charge in [-0.1, -0.05) is 43.7 Å².